The zero-order valence-electron chi connectivity index (χ0n) is 19.5. The second-order valence-electron chi connectivity index (χ2n) is 7.73. The number of amides is 1. The van der Waals surface area contributed by atoms with Gasteiger partial charge in [0.1, 0.15) is 5.75 Å². The molecule has 1 heterocycles. The Morgan fingerprint density at radius 2 is 1.55 bits per heavy atom. The van der Waals surface area contributed by atoms with Crippen molar-refractivity contribution in [1.29, 1.82) is 0 Å². The number of nitrogens with zero attached hydrogens (tertiary/aromatic N) is 1. The minimum atomic E-state index is -0.797. The molecule has 0 aliphatic carbocycles. The van der Waals surface area contributed by atoms with Gasteiger partial charge in [-0.05, 0) is 60.7 Å². The Morgan fingerprint density at radius 3 is 2.26 bits per heavy atom. The number of ketones is 1. The van der Waals surface area contributed by atoms with Gasteiger partial charge in [-0.3, -0.25) is 19.7 Å². The van der Waals surface area contributed by atoms with Crippen LogP contribution in [-0.4, -0.2) is 35.2 Å². The molecule has 0 fully saturated rings. The van der Waals surface area contributed by atoms with Crippen molar-refractivity contribution < 1.29 is 38.0 Å². The third kappa shape index (κ3) is 6.34. The van der Waals surface area contributed by atoms with Crippen LogP contribution in [0, 0.1) is 10.1 Å². The predicted molar refractivity (Wildman–Crippen MR) is 132 cm³/mol. The van der Waals surface area contributed by atoms with Gasteiger partial charge >= 0.3 is 11.9 Å². The van der Waals surface area contributed by atoms with E-state index in [0.29, 0.717) is 0 Å². The lowest BCUT2D eigenvalue weighted by Gasteiger charge is -2.08. The Morgan fingerprint density at radius 1 is 0.816 bits per heavy atom. The van der Waals surface area contributed by atoms with E-state index in [1.165, 1.54) is 79.1 Å². The van der Waals surface area contributed by atoms with Crippen molar-refractivity contribution in [2.45, 2.75) is 0 Å². The molecule has 1 N–H and O–H groups in total. The first-order valence-corrected chi connectivity index (χ1v) is 11.0. The van der Waals surface area contributed by atoms with Gasteiger partial charge in [0.2, 0.25) is 5.76 Å². The number of nitrogens with one attached hydrogen (secondary N) is 1. The Hall–Kier alpha value is -5.58. The molecule has 0 bridgehead atoms. The zero-order valence-corrected chi connectivity index (χ0v) is 19.5. The topological polar surface area (TPSA) is 155 Å². The minimum Gasteiger partial charge on any atom is -0.457 e. The van der Waals surface area contributed by atoms with Gasteiger partial charge < -0.3 is 19.2 Å². The SMILES string of the molecule is O=C(COC(=O)c1cccc(NC(=O)c2cccc([N+](=O)[O-])c2)c1)c1ccc(OC(=O)c2ccco2)cc1. The number of Topliss-reactive ketones (excluding diaryl/α,β-unsaturated/α-hetero) is 1. The Balaban J connectivity index is 1.32. The molecule has 11 nitrogen and oxygen atoms in total. The molecule has 38 heavy (non-hydrogen) atoms. The van der Waals surface area contributed by atoms with Crippen molar-refractivity contribution in [1.82, 2.24) is 0 Å². The molecule has 0 spiro atoms. The maximum Gasteiger partial charge on any atom is 0.379 e. The molecule has 0 unspecified atom stereocenters. The maximum atomic E-state index is 12.5. The molecule has 3 aromatic carbocycles. The molecule has 1 amide bonds. The van der Waals surface area contributed by atoms with E-state index in [0.717, 1.165) is 6.07 Å². The number of hydrogen-bond acceptors (Lipinski definition) is 9. The number of furan rings is 1. The molecule has 0 radical (unpaired) electrons. The molecule has 0 atom stereocenters. The summed E-state index contributed by atoms with van der Waals surface area (Å²) in [7, 11) is 0. The monoisotopic (exact) mass is 514 g/mol. The maximum absolute atomic E-state index is 12.5. The summed E-state index contributed by atoms with van der Waals surface area (Å²) in [4.78, 5) is 59.6. The van der Waals surface area contributed by atoms with Crippen LogP contribution in [0.1, 0.15) is 41.6 Å². The first kappa shape index (κ1) is 25.5. The molecule has 0 saturated heterocycles. The molecule has 190 valence electrons. The lowest BCUT2D eigenvalue weighted by atomic mass is 10.1. The zero-order chi connectivity index (χ0) is 27.1. The van der Waals surface area contributed by atoms with Gasteiger partial charge in [0.25, 0.3) is 11.6 Å². The minimum absolute atomic E-state index is 0.0322. The van der Waals surface area contributed by atoms with Crippen molar-refractivity contribution in [2.24, 2.45) is 0 Å². The second-order valence-corrected chi connectivity index (χ2v) is 7.73. The third-order valence-electron chi connectivity index (χ3n) is 5.12. The highest BCUT2D eigenvalue weighted by Crippen LogP contribution is 2.18. The van der Waals surface area contributed by atoms with Crippen LogP contribution in [-0.2, 0) is 4.74 Å². The van der Waals surface area contributed by atoms with Crippen LogP contribution < -0.4 is 10.1 Å². The van der Waals surface area contributed by atoms with Crippen LogP contribution in [0.3, 0.4) is 0 Å². The number of hydrogen-bond donors (Lipinski definition) is 1. The fourth-order valence-corrected chi connectivity index (χ4v) is 3.25. The smallest absolute Gasteiger partial charge is 0.379 e. The van der Waals surface area contributed by atoms with Gasteiger partial charge in [-0.1, -0.05) is 12.1 Å². The lowest BCUT2D eigenvalue weighted by Crippen LogP contribution is -2.15. The molecule has 0 aliphatic rings. The molecule has 4 aromatic rings. The number of nitro benzene ring substituents is 1. The molecule has 0 saturated carbocycles. The number of rotatable bonds is 9. The Labute approximate surface area is 214 Å². The van der Waals surface area contributed by atoms with Crippen molar-refractivity contribution in [2.75, 3.05) is 11.9 Å². The number of non-ortho nitro benzene ring substituents is 1. The van der Waals surface area contributed by atoms with Crippen LogP contribution in [0.4, 0.5) is 11.4 Å². The van der Waals surface area contributed by atoms with Gasteiger partial charge in [-0.2, -0.15) is 0 Å². The van der Waals surface area contributed by atoms with E-state index < -0.39 is 35.2 Å². The normalized spacial score (nSPS) is 10.3. The quantitative estimate of drug-likeness (QED) is 0.110. The van der Waals surface area contributed by atoms with E-state index >= 15 is 0 Å². The van der Waals surface area contributed by atoms with E-state index in [9.17, 15) is 29.3 Å². The third-order valence-corrected chi connectivity index (χ3v) is 5.12. The van der Waals surface area contributed by atoms with Crippen LogP contribution in [0.25, 0.3) is 0 Å². The Bertz CT molecular complexity index is 1510. The van der Waals surface area contributed by atoms with E-state index in [2.05, 4.69) is 5.32 Å². The van der Waals surface area contributed by atoms with Crippen molar-refractivity contribution in [3.63, 3.8) is 0 Å². The summed E-state index contributed by atoms with van der Waals surface area (Å²) in [5.74, 6) is -2.35. The summed E-state index contributed by atoms with van der Waals surface area (Å²) in [6.45, 7) is -0.547. The van der Waals surface area contributed by atoms with Gasteiger partial charge in [0.05, 0.1) is 16.7 Å². The summed E-state index contributed by atoms with van der Waals surface area (Å²) >= 11 is 0. The van der Waals surface area contributed by atoms with Gasteiger partial charge in [-0.15, -0.1) is 0 Å². The van der Waals surface area contributed by atoms with E-state index in [1.54, 1.807) is 6.07 Å². The number of carbonyl (C=O) groups is 4. The summed E-state index contributed by atoms with van der Waals surface area (Å²) in [6.07, 6.45) is 1.34. The van der Waals surface area contributed by atoms with Crippen molar-refractivity contribution >= 4 is 35.0 Å². The highest BCUT2D eigenvalue weighted by atomic mass is 16.6. The summed E-state index contributed by atoms with van der Waals surface area (Å²) in [5, 5.41) is 13.5. The number of carbonyl (C=O) groups excluding carboxylic acids is 4. The number of anilines is 1. The first-order chi connectivity index (χ1) is 18.3. The molecular formula is C27H18N2O9. The van der Waals surface area contributed by atoms with Crippen LogP contribution in [0.5, 0.6) is 5.75 Å². The standard InChI is InChI=1S/C27H18N2O9/c30-23(17-9-11-22(12-10-17)38-27(33)24-8-3-13-36-24)16-37-26(32)19-5-1-6-20(14-19)28-25(31)18-4-2-7-21(15-18)29(34)35/h1-15H,16H2,(H,28,31). The number of nitro groups is 1. The van der Waals surface area contributed by atoms with Crippen LogP contribution >= 0.6 is 0 Å². The molecule has 11 heteroatoms. The molecule has 1 aromatic heterocycles. The van der Waals surface area contributed by atoms with Crippen LogP contribution in [0.15, 0.2) is 95.6 Å². The van der Waals surface area contributed by atoms with Crippen molar-refractivity contribution in [3.8, 4) is 5.75 Å². The van der Waals surface area contributed by atoms with Crippen LogP contribution in [0.2, 0.25) is 0 Å². The average Bonchev–Trinajstić information content (AvgIpc) is 3.47. The summed E-state index contributed by atoms with van der Waals surface area (Å²) in [5.41, 5.74) is 0.397. The number of esters is 2. The average molecular weight is 514 g/mol. The molecule has 4 rings (SSSR count). The Kier molecular flexibility index (Phi) is 7.68. The first-order valence-electron chi connectivity index (χ1n) is 11.0. The fourth-order valence-electron chi connectivity index (χ4n) is 3.25. The number of benzene rings is 3. The van der Waals surface area contributed by atoms with E-state index in [1.807, 2.05) is 0 Å². The summed E-state index contributed by atoms with van der Waals surface area (Å²) < 4.78 is 15.2. The fraction of sp³-hybridized carbons (Fsp3) is 0.0370. The highest BCUT2D eigenvalue weighted by molar-refractivity contribution is 6.05. The number of ether oxygens (including phenoxy) is 2. The predicted octanol–water partition coefficient (Wildman–Crippen LogP) is 4.70. The molecule has 0 aliphatic heterocycles. The largest absolute Gasteiger partial charge is 0.457 e. The van der Waals surface area contributed by atoms with E-state index in [4.69, 9.17) is 13.9 Å². The van der Waals surface area contributed by atoms with Gasteiger partial charge in [0.15, 0.2) is 12.4 Å². The van der Waals surface area contributed by atoms with E-state index in [-0.39, 0.29) is 39.6 Å². The highest BCUT2D eigenvalue weighted by Gasteiger charge is 2.16. The van der Waals surface area contributed by atoms with Gasteiger partial charge in [-0.25, -0.2) is 9.59 Å². The molecular weight excluding hydrogens is 496 g/mol. The summed E-state index contributed by atoms with van der Waals surface area (Å²) in [6, 6.07) is 19.7. The second kappa shape index (κ2) is 11.4. The lowest BCUT2D eigenvalue weighted by molar-refractivity contribution is -0.384. The van der Waals surface area contributed by atoms with Crippen molar-refractivity contribution in [3.05, 3.63) is 124 Å². The van der Waals surface area contributed by atoms with Gasteiger partial charge in [0, 0.05) is 28.9 Å².